The lowest BCUT2D eigenvalue weighted by Gasteiger charge is -2.23. The molecule has 169 valence electrons. The fraction of sp³-hybridized carbons (Fsp3) is 0.609. The molecule has 2 atom stereocenters. The fourth-order valence-electron chi connectivity index (χ4n) is 2.64. The maximum atomic E-state index is 12.8. The SMILES string of the molecule is [CH2]c1ccc(NC(=O)[C@H](CCCCNC(=O)OC(C)(C)C)NC[C@@H](N)C(C)C)cc1. The van der Waals surface area contributed by atoms with E-state index < -0.39 is 11.7 Å². The van der Waals surface area contributed by atoms with Crippen molar-refractivity contribution in [2.75, 3.05) is 18.4 Å². The van der Waals surface area contributed by atoms with Crippen LogP contribution in [0.1, 0.15) is 59.4 Å². The van der Waals surface area contributed by atoms with Crippen molar-refractivity contribution < 1.29 is 14.3 Å². The number of hydrogen-bond donors (Lipinski definition) is 4. The molecule has 0 heterocycles. The Kier molecular flexibility index (Phi) is 10.8. The van der Waals surface area contributed by atoms with Gasteiger partial charge in [0.25, 0.3) is 0 Å². The van der Waals surface area contributed by atoms with E-state index in [0.717, 1.165) is 24.1 Å². The smallest absolute Gasteiger partial charge is 0.407 e. The van der Waals surface area contributed by atoms with Crippen LogP contribution in [0.3, 0.4) is 0 Å². The van der Waals surface area contributed by atoms with Crippen molar-refractivity contribution in [2.45, 2.75) is 71.6 Å². The van der Waals surface area contributed by atoms with E-state index in [1.165, 1.54) is 0 Å². The van der Waals surface area contributed by atoms with Crippen molar-refractivity contribution in [1.29, 1.82) is 0 Å². The number of benzene rings is 1. The van der Waals surface area contributed by atoms with Crippen LogP contribution in [0, 0.1) is 12.8 Å². The number of anilines is 1. The minimum absolute atomic E-state index is 0.0282. The number of nitrogens with two attached hydrogens (primary N) is 1. The number of nitrogens with one attached hydrogen (secondary N) is 3. The highest BCUT2D eigenvalue weighted by molar-refractivity contribution is 5.94. The predicted molar refractivity (Wildman–Crippen MR) is 122 cm³/mol. The van der Waals surface area contributed by atoms with Crippen molar-refractivity contribution in [3.05, 3.63) is 36.8 Å². The normalized spacial score (nSPS) is 13.6. The molecule has 7 heteroatoms. The van der Waals surface area contributed by atoms with Crippen molar-refractivity contribution in [3.63, 3.8) is 0 Å². The van der Waals surface area contributed by atoms with Crippen LogP contribution in [-0.4, -0.2) is 42.8 Å². The number of carbonyl (C=O) groups is 2. The van der Waals surface area contributed by atoms with Gasteiger partial charge in [-0.1, -0.05) is 26.0 Å². The average molecular weight is 420 g/mol. The quantitative estimate of drug-likeness (QED) is 0.411. The van der Waals surface area contributed by atoms with Gasteiger partial charge in [-0.25, -0.2) is 4.79 Å². The molecule has 0 saturated heterocycles. The van der Waals surface area contributed by atoms with Gasteiger partial charge >= 0.3 is 6.09 Å². The van der Waals surface area contributed by atoms with E-state index in [1.54, 1.807) is 0 Å². The van der Waals surface area contributed by atoms with E-state index in [1.807, 2.05) is 45.0 Å². The first-order valence-electron chi connectivity index (χ1n) is 10.7. The lowest BCUT2D eigenvalue weighted by Crippen LogP contribution is -2.47. The van der Waals surface area contributed by atoms with Gasteiger partial charge in [-0.2, -0.15) is 0 Å². The molecule has 1 aromatic rings. The van der Waals surface area contributed by atoms with Crippen molar-refractivity contribution in [3.8, 4) is 0 Å². The largest absolute Gasteiger partial charge is 0.444 e. The van der Waals surface area contributed by atoms with Gasteiger partial charge < -0.3 is 26.4 Å². The van der Waals surface area contributed by atoms with Crippen LogP contribution in [0.2, 0.25) is 0 Å². The molecular weight excluding hydrogens is 380 g/mol. The Morgan fingerprint density at radius 3 is 2.33 bits per heavy atom. The summed E-state index contributed by atoms with van der Waals surface area (Å²) in [5, 5.41) is 8.99. The van der Waals surface area contributed by atoms with Crippen LogP contribution in [0.25, 0.3) is 0 Å². The Balaban J connectivity index is 2.53. The molecule has 0 bridgehead atoms. The molecule has 0 aliphatic heterocycles. The second kappa shape index (κ2) is 12.5. The lowest BCUT2D eigenvalue weighted by molar-refractivity contribution is -0.118. The third-order valence-electron chi connectivity index (χ3n) is 4.58. The lowest BCUT2D eigenvalue weighted by atomic mass is 10.0. The van der Waals surface area contributed by atoms with Gasteiger partial charge in [0.2, 0.25) is 5.91 Å². The van der Waals surface area contributed by atoms with E-state index in [0.29, 0.717) is 25.4 Å². The summed E-state index contributed by atoms with van der Waals surface area (Å²) in [5.41, 5.74) is 7.24. The van der Waals surface area contributed by atoms with E-state index in [-0.39, 0.29) is 18.0 Å². The zero-order valence-electron chi connectivity index (χ0n) is 19.1. The minimum atomic E-state index is -0.515. The second-order valence-corrected chi connectivity index (χ2v) is 8.98. The summed E-state index contributed by atoms with van der Waals surface area (Å²) < 4.78 is 5.22. The third-order valence-corrected chi connectivity index (χ3v) is 4.58. The summed E-state index contributed by atoms with van der Waals surface area (Å²) >= 11 is 0. The Labute approximate surface area is 181 Å². The van der Waals surface area contributed by atoms with Crippen LogP contribution < -0.4 is 21.7 Å². The van der Waals surface area contributed by atoms with Crippen LogP contribution >= 0.6 is 0 Å². The Morgan fingerprint density at radius 2 is 1.77 bits per heavy atom. The van der Waals surface area contributed by atoms with Gasteiger partial charge in [-0.15, -0.1) is 0 Å². The molecule has 1 rings (SSSR count). The first-order chi connectivity index (χ1) is 14.0. The monoisotopic (exact) mass is 419 g/mol. The summed E-state index contributed by atoms with van der Waals surface area (Å²) in [4.78, 5) is 24.5. The molecule has 0 spiro atoms. The molecule has 0 unspecified atom stereocenters. The summed E-state index contributed by atoms with van der Waals surface area (Å²) in [6.07, 6.45) is 1.74. The zero-order chi connectivity index (χ0) is 22.7. The molecule has 1 aromatic carbocycles. The maximum Gasteiger partial charge on any atom is 0.407 e. The first kappa shape index (κ1) is 25.9. The van der Waals surface area contributed by atoms with Gasteiger partial charge in [0, 0.05) is 24.8 Å². The first-order valence-corrected chi connectivity index (χ1v) is 10.7. The van der Waals surface area contributed by atoms with E-state index >= 15 is 0 Å². The molecule has 5 N–H and O–H groups in total. The van der Waals surface area contributed by atoms with Crippen molar-refractivity contribution >= 4 is 17.7 Å². The van der Waals surface area contributed by atoms with Gasteiger partial charge in [-0.3, -0.25) is 4.79 Å². The summed E-state index contributed by atoms with van der Waals surface area (Å²) in [6, 6.07) is 6.99. The summed E-state index contributed by atoms with van der Waals surface area (Å²) in [5.74, 6) is 0.228. The fourth-order valence-corrected chi connectivity index (χ4v) is 2.64. The number of alkyl carbamates (subject to hydrolysis) is 1. The van der Waals surface area contributed by atoms with Crippen LogP contribution in [0.15, 0.2) is 24.3 Å². The molecule has 7 nitrogen and oxygen atoms in total. The molecule has 0 aromatic heterocycles. The summed E-state index contributed by atoms with van der Waals surface area (Å²) in [7, 11) is 0. The Hall–Kier alpha value is -2.12. The number of hydrogen-bond acceptors (Lipinski definition) is 5. The third kappa shape index (κ3) is 11.2. The highest BCUT2D eigenvalue weighted by Gasteiger charge is 2.20. The van der Waals surface area contributed by atoms with Crippen LogP contribution in [0.4, 0.5) is 10.5 Å². The van der Waals surface area contributed by atoms with Gasteiger partial charge in [0.05, 0.1) is 6.04 Å². The van der Waals surface area contributed by atoms with Crippen LogP contribution in [-0.2, 0) is 9.53 Å². The predicted octanol–water partition coefficient (Wildman–Crippen LogP) is 3.44. The van der Waals surface area contributed by atoms with Crippen molar-refractivity contribution in [1.82, 2.24) is 10.6 Å². The number of rotatable bonds is 11. The van der Waals surface area contributed by atoms with Crippen molar-refractivity contribution in [2.24, 2.45) is 11.7 Å². The highest BCUT2D eigenvalue weighted by Crippen LogP contribution is 2.11. The molecule has 0 aliphatic rings. The van der Waals surface area contributed by atoms with Gasteiger partial charge in [0.1, 0.15) is 5.60 Å². The Bertz CT molecular complexity index is 653. The molecule has 0 aliphatic carbocycles. The number of carbonyl (C=O) groups excluding carboxylic acids is 2. The zero-order valence-corrected chi connectivity index (χ0v) is 19.1. The number of unbranched alkanes of at least 4 members (excludes halogenated alkanes) is 1. The van der Waals surface area contributed by atoms with Crippen LogP contribution in [0.5, 0.6) is 0 Å². The Morgan fingerprint density at radius 1 is 1.13 bits per heavy atom. The van der Waals surface area contributed by atoms with Gasteiger partial charge in [-0.05, 0) is 70.6 Å². The molecule has 2 amide bonds. The standard InChI is InChI=1S/C23H39N4O3/c1-16(2)19(24)15-26-20(21(28)27-18-12-10-17(3)11-13-18)9-7-8-14-25-22(29)30-23(4,5)6/h10-13,16,19-20,26H,3,7-9,14-15,24H2,1-2,4-6H3,(H,25,29)(H,27,28)/t19-,20+/m1/s1. The molecule has 0 fully saturated rings. The molecule has 30 heavy (non-hydrogen) atoms. The highest BCUT2D eigenvalue weighted by atomic mass is 16.6. The number of amides is 2. The van der Waals surface area contributed by atoms with E-state index in [9.17, 15) is 9.59 Å². The van der Waals surface area contributed by atoms with Gasteiger partial charge in [0.15, 0.2) is 0 Å². The molecule has 0 saturated carbocycles. The van der Waals surface area contributed by atoms with E-state index in [2.05, 4.69) is 36.7 Å². The molecular formula is C23H39N4O3. The molecule has 1 radical (unpaired) electrons. The van der Waals surface area contributed by atoms with E-state index in [4.69, 9.17) is 10.5 Å². The minimum Gasteiger partial charge on any atom is -0.444 e. The topological polar surface area (TPSA) is 105 Å². The second-order valence-electron chi connectivity index (χ2n) is 8.98. The summed E-state index contributed by atoms with van der Waals surface area (Å²) in [6.45, 7) is 14.5. The number of ether oxygens (including phenoxy) is 1. The maximum absolute atomic E-state index is 12.8. The average Bonchev–Trinajstić information content (AvgIpc) is 2.63.